The van der Waals surface area contributed by atoms with Crippen LogP contribution in [0.5, 0.6) is 0 Å². The number of aliphatic imine (C=N–C) groups is 1. The van der Waals surface area contributed by atoms with Crippen LogP contribution in [0.1, 0.15) is 5.56 Å². The summed E-state index contributed by atoms with van der Waals surface area (Å²) in [7, 11) is 0. The first kappa shape index (κ1) is 13.1. The molecule has 0 radical (unpaired) electrons. The summed E-state index contributed by atoms with van der Waals surface area (Å²) in [4.78, 5) is 4.81. The highest BCUT2D eigenvalue weighted by atomic mass is 35.5. The number of para-hydroxylation sites is 2. The topological polar surface area (TPSA) is 24.4 Å². The molecule has 0 aromatic heterocycles. The number of rotatable bonds is 1. The predicted octanol–water partition coefficient (Wildman–Crippen LogP) is 5.51. The Morgan fingerprint density at radius 1 is 0.682 bits per heavy atom. The zero-order chi connectivity index (χ0) is 14.9. The Labute approximate surface area is 134 Å². The first-order valence-electron chi connectivity index (χ1n) is 7.12. The maximum absolute atomic E-state index is 6.34. The Bertz CT molecular complexity index is 884. The normalized spacial score (nSPS) is 12.5. The third-order valence-corrected chi connectivity index (χ3v) is 4.07. The summed E-state index contributed by atoms with van der Waals surface area (Å²) < 4.78 is 0. The third-order valence-electron chi connectivity index (χ3n) is 3.74. The Morgan fingerprint density at radius 3 is 2.14 bits per heavy atom. The van der Waals surface area contributed by atoms with E-state index in [1.807, 2.05) is 54.6 Å². The molecule has 0 unspecified atom stereocenters. The lowest BCUT2D eigenvalue weighted by Crippen LogP contribution is -2.13. The van der Waals surface area contributed by atoms with Crippen molar-refractivity contribution < 1.29 is 0 Å². The summed E-state index contributed by atoms with van der Waals surface area (Å²) in [6.07, 6.45) is 0. The van der Waals surface area contributed by atoms with Crippen LogP contribution >= 0.6 is 11.6 Å². The van der Waals surface area contributed by atoms with E-state index in [-0.39, 0.29) is 0 Å². The molecule has 3 aromatic rings. The number of nitrogens with one attached hydrogen (secondary N) is 1. The molecule has 0 saturated heterocycles. The minimum Gasteiger partial charge on any atom is -0.339 e. The van der Waals surface area contributed by atoms with E-state index in [1.165, 1.54) is 0 Å². The molecule has 0 fully saturated rings. The Morgan fingerprint density at radius 2 is 1.32 bits per heavy atom. The second-order valence-corrected chi connectivity index (χ2v) is 5.54. The van der Waals surface area contributed by atoms with Gasteiger partial charge < -0.3 is 5.32 Å². The van der Waals surface area contributed by atoms with Gasteiger partial charge in [-0.15, -0.1) is 0 Å². The maximum Gasteiger partial charge on any atom is 0.139 e. The monoisotopic (exact) mass is 304 g/mol. The third kappa shape index (κ3) is 2.18. The second kappa shape index (κ2) is 5.32. The number of benzene rings is 3. The lowest BCUT2D eigenvalue weighted by atomic mass is 10.0. The fraction of sp³-hybridized carbons (Fsp3) is 0. The van der Waals surface area contributed by atoms with Crippen molar-refractivity contribution in [3.05, 3.63) is 83.4 Å². The van der Waals surface area contributed by atoms with Gasteiger partial charge in [-0.05, 0) is 24.3 Å². The summed E-state index contributed by atoms with van der Waals surface area (Å²) >= 11 is 6.34. The van der Waals surface area contributed by atoms with Crippen LogP contribution in [-0.4, -0.2) is 5.84 Å². The van der Waals surface area contributed by atoms with Crippen molar-refractivity contribution in [2.75, 3.05) is 5.32 Å². The number of amidine groups is 1. The molecule has 3 heteroatoms. The van der Waals surface area contributed by atoms with Crippen molar-refractivity contribution in [2.45, 2.75) is 0 Å². The molecular formula is C19H13ClN2. The standard InChI is InChI=1S/C19H13ClN2/c20-16-10-4-1-9-15(16)19-21-17-11-5-2-7-13(17)14-8-3-6-12-18(14)22-19/h1-12H,(H,21,22). The number of fused-ring (bicyclic) bond motifs is 3. The Kier molecular flexibility index (Phi) is 3.17. The number of anilines is 1. The van der Waals surface area contributed by atoms with E-state index in [0.29, 0.717) is 5.02 Å². The summed E-state index contributed by atoms with van der Waals surface area (Å²) in [5.74, 6) is 0.767. The molecule has 0 spiro atoms. The molecule has 1 aliphatic heterocycles. The van der Waals surface area contributed by atoms with Crippen LogP contribution in [0.2, 0.25) is 5.02 Å². The van der Waals surface area contributed by atoms with Crippen LogP contribution in [0.4, 0.5) is 11.4 Å². The van der Waals surface area contributed by atoms with Gasteiger partial charge in [0.2, 0.25) is 0 Å². The van der Waals surface area contributed by atoms with E-state index in [1.54, 1.807) is 0 Å². The summed E-state index contributed by atoms with van der Waals surface area (Å²) in [6, 6.07) is 24.1. The van der Waals surface area contributed by atoms with Gasteiger partial charge in [0, 0.05) is 22.4 Å². The van der Waals surface area contributed by atoms with Gasteiger partial charge in [0.05, 0.1) is 10.7 Å². The average Bonchev–Trinajstić information content (AvgIpc) is 2.72. The Balaban J connectivity index is 1.98. The van der Waals surface area contributed by atoms with Gasteiger partial charge in [0.1, 0.15) is 5.84 Å². The molecule has 106 valence electrons. The SMILES string of the molecule is Clc1ccccc1C1=Nc2ccccc2-c2ccccc2N1. The zero-order valence-corrected chi connectivity index (χ0v) is 12.5. The smallest absolute Gasteiger partial charge is 0.139 e. The average molecular weight is 305 g/mol. The van der Waals surface area contributed by atoms with Gasteiger partial charge in [-0.1, -0.05) is 60.1 Å². The van der Waals surface area contributed by atoms with Crippen molar-refractivity contribution in [1.82, 2.24) is 0 Å². The fourth-order valence-corrected chi connectivity index (χ4v) is 2.91. The number of hydrogen-bond donors (Lipinski definition) is 1. The van der Waals surface area contributed by atoms with Gasteiger partial charge in [-0.3, -0.25) is 0 Å². The van der Waals surface area contributed by atoms with Crippen LogP contribution in [0, 0.1) is 0 Å². The molecule has 0 bridgehead atoms. The summed E-state index contributed by atoms with van der Waals surface area (Å²) in [5, 5.41) is 4.11. The van der Waals surface area contributed by atoms with Crippen LogP contribution in [0.25, 0.3) is 11.1 Å². The highest BCUT2D eigenvalue weighted by molar-refractivity contribution is 6.35. The minimum absolute atomic E-state index is 0.686. The van der Waals surface area contributed by atoms with Crippen molar-refractivity contribution in [1.29, 1.82) is 0 Å². The minimum atomic E-state index is 0.686. The van der Waals surface area contributed by atoms with Gasteiger partial charge in [-0.2, -0.15) is 0 Å². The molecule has 1 N–H and O–H groups in total. The molecule has 0 aliphatic carbocycles. The lowest BCUT2D eigenvalue weighted by Gasteiger charge is -2.11. The molecule has 0 amide bonds. The molecule has 2 nitrogen and oxygen atoms in total. The molecule has 1 heterocycles. The van der Waals surface area contributed by atoms with E-state index in [9.17, 15) is 0 Å². The first-order chi connectivity index (χ1) is 10.8. The molecule has 0 atom stereocenters. The van der Waals surface area contributed by atoms with Gasteiger partial charge in [0.25, 0.3) is 0 Å². The van der Waals surface area contributed by atoms with Crippen LogP contribution in [0.3, 0.4) is 0 Å². The van der Waals surface area contributed by atoms with E-state index in [0.717, 1.165) is 33.9 Å². The van der Waals surface area contributed by atoms with Crippen LogP contribution < -0.4 is 5.32 Å². The number of hydrogen-bond acceptors (Lipinski definition) is 2. The molecule has 1 aliphatic rings. The van der Waals surface area contributed by atoms with E-state index < -0.39 is 0 Å². The highest BCUT2D eigenvalue weighted by Gasteiger charge is 2.17. The maximum atomic E-state index is 6.34. The van der Waals surface area contributed by atoms with Crippen molar-refractivity contribution >= 4 is 28.8 Å². The van der Waals surface area contributed by atoms with E-state index in [4.69, 9.17) is 16.6 Å². The molecular weight excluding hydrogens is 292 g/mol. The van der Waals surface area contributed by atoms with Gasteiger partial charge in [-0.25, -0.2) is 4.99 Å². The van der Waals surface area contributed by atoms with Crippen LogP contribution in [0.15, 0.2) is 77.8 Å². The molecule has 22 heavy (non-hydrogen) atoms. The van der Waals surface area contributed by atoms with Crippen LogP contribution in [-0.2, 0) is 0 Å². The summed E-state index contributed by atoms with van der Waals surface area (Å²) in [5.41, 5.74) is 5.13. The Hall–Kier alpha value is -2.58. The number of nitrogens with zero attached hydrogens (tertiary/aromatic N) is 1. The molecule has 3 aromatic carbocycles. The predicted molar refractivity (Wildman–Crippen MR) is 93.1 cm³/mol. The van der Waals surface area contributed by atoms with E-state index >= 15 is 0 Å². The lowest BCUT2D eigenvalue weighted by molar-refractivity contribution is 1.49. The fourth-order valence-electron chi connectivity index (χ4n) is 2.68. The molecule has 4 rings (SSSR count). The summed E-state index contributed by atoms with van der Waals surface area (Å²) in [6.45, 7) is 0. The van der Waals surface area contributed by atoms with Crippen molar-refractivity contribution in [3.63, 3.8) is 0 Å². The molecule has 0 saturated carbocycles. The van der Waals surface area contributed by atoms with Gasteiger partial charge >= 0.3 is 0 Å². The first-order valence-corrected chi connectivity index (χ1v) is 7.50. The highest BCUT2D eigenvalue weighted by Crippen LogP contribution is 2.38. The zero-order valence-electron chi connectivity index (χ0n) is 11.8. The van der Waals surface area contributed by atoms with E-state index in [2.05, 4.69) is 23.5 Å². The van der Waals surface area contributed by atoms with Gasteiger partial charge in [0.15, 0.2) is 0 Å². The number of halogens is 1. The largest absolute Gasteiger partial charge is 0.339 e. The quantitative estimate of drug-likeness (QED) is 0.629. The van der Waals surface area contributed by atoms with Crippen molar-refractivity contribution in [2.24, 2.45) is 4.99 Å². The van der Waals surface area contributed by atoms with Crippen molar-refractivity contribution in [3.8, 4) is 11.1 Å². The second-order valence-electron chi connectivity index (χ2n) is 5.13.